The van der Waals surface area contributed by atoms with Crippen LogP contribution < -0.4 is 11.3 Å². The molecule has 1 aliphatic rings. The van der Waals surface area contributed by atoms with E-state index >= 15 is 0 Å². The van der Waals surface area contributed by atoms with Crippen molar-refractivity contribution in [2.75, 3.05) is 25.1 Å². The molecule has 0 bridgehead atoms. The van der Waals surface area contributed by atoms with Gasteiger partial charge in [-0.25, -0.2) is 0 Å². The molecule has 3 N–H and O–H groups in total. The number of hydrazine groups is 1. The topological polar surface area (TPSA) is 41.3 Å². The largest absolute Gasteiger partial charge is 0.300 e. The summed E-state index contributed by atoms with van der Waals surface area (Å²) in [4.78, 5) is 2.45. The molecule has 0 spiro atoms. The van der Waals surface area contributed by atoms with E-state index in [0.29, 0.717) is 17.5 Å². The van der Waals surface area contributed by atoms with E-state index in [1.807, 2.05) is 11.8 Å². The van der Waals surface area contributed by atoms with Crippen LogP contribution in [0, 0.1) is 5.41 Å². The molecule has 1 fully saturated rings. The van der Waals surface area contributed by atoms with Gasteiger partial charge in [0.1, 0.15) is 0 Å². The van der Waals surface area contributed by atoms with Crippen LogP contribution in [0.2, 0.25) is 0 Å². The van der Waals surface area contributed by atoms with Crippen molar-refractivity contribution in [1.82, 2.24) is 10.3 Å². The SMILES string of the molecule is CN1CCSCC1C(CCC(C)(C)C)NN. The summed E-state index contributed by atoms with van der Waals surface area (Å²) in [7, 11) is 2.21. The van der Waals surface area contributed by atoms with Crippen LogP contribution in [0.5, 0.6) is 0 Å². The summed E-state index contributed by atoms with van der Waals surface area (Å²) >= 11 is 2.05. The summed E-state index contributed by atoms with van der Waals surface area (Å²) in [6.45, 7) is 8.06. The van der Waals surface area contributed by atoms with Gasteiger partial charge in [0.25, 0.3) is 0 Å². The van der Waals surface area contributed by atoms with Crippen molar-refractivity contribution in [2.45, 2.75) is 45.7 Å². The minimum Gasteiger partial charge on any atom is -0.300 e. The second kappa shape index (κ2) is 6.24. The third-order valence-electron chi connectivity index (χ3n) is 3.33. The molecule has 96 valence electrons. The summed E-state index contributed by atoms with van der Waals surface area (Å²) in [5.41, 5.74) is 3.42. The number of hydrogen-bond donors (Lipinski definition) is 2. The molecule has 0 amide bonds. The fourth-order valence-electron chi connectivity index (χ4n) is 2.10. The lowest BCUT2D eigenvalue weighted by Crippen LogP contribution is -2.54. The van der Waals surface area contributed by atoms with Crippen molar-refractivity contribution in [3.8, 4) is 0 Å². The van der Waals surface area contributed by atoms with Crippen LogP contribution in [0.1, 0.15) is 33.6 Å². The molecule has 0 aliphatic carbocycles. The molecule has 3 nitrogen and oxygen atoms in total. The van der Waals surface area contributed by atoms with Crippen molar-refractivity contribution in [3.63, 3.8) is 0 Å². The van der Waals surface area contributed by atoms with E-state index in [1.54, 1.807) is 0 Å². The first-order chi connectivity index (χ1) is 7.44. The van der Waals surface area contributed by atoms with E-state index in [-0.39, 0.29) is 0 Å². The normalized spacial score (nSPS) is 25.7. The van der Waals surface area contributed by atoms with E-state index in [2.05, 4.69) is 38.1 Å². The number of hydrogen-bond acceptors (Lipinski definition) is 4. The molecule has 2 atom stereocenters. The summed E-state index contributed by atoms with van der Waals surface area (Å²) in [5, 5.41) is 0. The van der Waals surface area contributed by atoms with Crippen LogP contribution in [-0.4, -0.2) is 42.1 Å². The van der Waals surface area contributed by atoms with Gasteiger partial charge in [-0.3, -0.25) is 11.3 Å². The highest BCUT2D eigenvalue weighted by atomic mass is 32.2. The van der Waals surface area contributed by atoms with Gasteiger partial charge < -0.3 is 4.90 Å². The standard InChI is InChI=1S/C12H27N3S/c1-12(2,3)6-5-10(14-13)11-9-16-8-7-15(11)4/h10-11,14H,5-9,13H2,1-4H3. The number of nitrogens with zero attached hydrogens (tertiary/aromatic N) is 1. The summed E-state index contributed by atoms with van der Waals surface area (Å²) < 4.78 is 0. The first kappa shape index (κ1) is 14.3. The third-order valence-corrected chi connectivity index (χ3v) is 4.38. The van der Waals surface area contributed by atoms with Gasteiger partial charge in [0.15, 0.2) is 0 Å². The third kappa shape index (κ3) is 4.62. The Bertz CT molecular complexity index is 203. The van der Waals surface area contributed by atoms with E-state index in [0.717, 1.165) is 6.42 Å². The zero-order valence-corrected chi connectivity index (χ0v) is 11.9. The Hall–Kier alpha value is 0.230. The molecular formula is C12H27N3S. The fourth-order valence-corrected chi connectivity index (χ4v) is 3.42. The molecule has 0 saturated carbocycles. The lowest BCUT2D eigenvalue weighted by molar-refractivity contribution is 0.194. The summed E-state index contributed by atoms with van der Waals surface area (Å²) in [6, 6.07) is 1.02. The number of nitrogens with one attached hydrogen (secondary N) is 1. The quantitative estimate of drug-likeness (QED) is 0.584. The molecule has 2 unspecified atom stereocenters. The van der Waals surface area contributed by atoms with Crippen molar-refractivity contribution in [1.29, 1.82) is 0 Å². The summed E-state index contributed by atoms with van der Waals surface area (Å²) in [6.07, 6.45) is 2.38. The first-order valence-electron chi connectivity index (χ1n) is 6.18. The van der Waals surface area contributed by atoms with Gasteiger partial charge in [-0.1, -0.05) is 20.8 Å². The fraction of sp³-hybridized carbons (Fsp3) is 1.00. The van der Waals surface area contributed by atoms with Crippen LogP contribution >= 0.6 is 11.8 Å². The van der Waals surface area contributed by atoms with E-state index in [1.165, 1.54) is 24.5 Å². The second-order valence-electron chi connectivity index (χ2n) is 6.00. The minimum absolute atomic E-state index is 0.398. The Labute approximate surface area is 104 Å². The van der Waals surface area contributed by atoms with Crippen LogP contribution in [0.4, 0.5) is 0 Å². The zero-order valence-electron chi connectivity index (χ0n) is 11.1. The highest BCUT2D eigenvalue weighted by Crippen LogP contribution is 2.25. The van der Waals surface area contributed by atoms with Gasteiger partial charge in [-0.15, -0.1) is 0 Å². The minimum atomic E-state index is 0.398. The monoisotopic (exact) mass is 245 g/mol. The zero-order chi connectivity index (χ0) is 12.2. The molecule has 1 saturated heterocycles. The highest BCUT2D eigenvalue weighted by molar-refractivity contribution is 7.99. The molecule has 0 aromatic carbocycles. The van der Waals surface area contributed by atoms with E-state index in [9.17, 15) is 0 Å². The Kier molecular flexibility index (Phi) is 5.57. The second-order valence-corrected chi connectivity index (χ2v) is 7.15. The molecule has 0 aromatic heterocycles. The lowest BCUT2D eigenvalue weighted by Gasteiger charge is -2.38. The average Bonchev–Trinajstić information content (AvgIpc) is 2.20. The molecule has 0 radical (unpaired) electrons. The van der Waals surface area contributed by atoms with Gasteiger partial charge in [-0.05, 0) is 25.3 Å². The maximum atomic E-state index is 5.71. The van der Waals surface area contributed by atoms with E-state index < -0.39 is 0 Å². The average molecular weight is 245 g/mol. The van der Waals surface area contributed by atoms with Crippen molar-refractivity contribution >= 4 is 11.8 Å². The Morgan fingerprint density at radius 3 is 2.69 bits per heavy atom. The van der Waals surface area contributed by atoms with E-state index in [4.69, 9.17) is 5.84 Å². The van der Waals surface area contributed by atoms with Crippen LogP contribution in [0.25, 0.3) is 0 Å². The molecule has 1 heterocycles. The number of nitrogens with two attached hydrogens (primary N) is 1. The predicted octanol–water partition coefficient (Wildman–Crippen LogP) is 1.69. The molecule has 4 heteroatoms. The van der Waals surface area contributed by atoms with Crippen LogP contribution in [-0.2, 0) is 0 Å². The number of thioether (sulfide) groups is 1. The Morgan fingerprint density at radius 2 is 2.19 bits per heavy atom. The smallest absolute Gasteiger partial charge is 0.0374 e. The summed E-state index contributed by atoms with van der Waals surface area (Å²) in [5.74, 6) is 8.17. The molecule has 0 aromatic rings. The van der Waals surface area contributed by atoms with Gasteiger partial charge >= 0.3 is 0 Å². The van der Waals surface area contributed by atoms with Gasteiger partial charge in [0.2, 0.25) is 0 Å². The highest BCUT2D eigenvalue weighted by Gasteiger charge is 2.28. The predicted molar refractivity (Wildman–Crippen MR) is 73.5 cm³/mol. The number of likely N-dealkylation sites (N-methyl/N-ethyl adjacent to an activating group) is 1. The molecule has 1 rings (SSSR count). The number of rotatable bonds is 4. The maximum absolute atomic E-state index is 5.71. The van der Waals surface area contributed by atoms with Gasteiger partial charge in [0.05, 0.1) is 0 Å². The Morgan fingerprint density at radius 1 is 1.50 bits per heavy atom. The molecule has 16 heavy (non-hydrogen) atoms. The van der Waals surface area contributed by atoms with Crippen molar-refractivity contribution < 1.29 is 0 Å². The van der Waals surface area contributed by atoms with Crippen LogP contribution in [0.3, 0.4) is 0 Å². The van der Waals surface area contributed by atoms with Gasteiger partial charge in [0, 0.05) is 30.1 Å². The molecular weight excluding hydrogens is 218 g/mol. The van der Waals surface area contributed by atoms with Crippen LogP contribution in [0.15, 0.2) is 0 Å². The van der Waals surface area contributed by atoms with Crippen molar-refractivity contribution in [3.05, 3.63) is 0 Å². The Balaban J connectivity index is 2.45. The first-order valence-corrected chi connectivity index (χ1v) is 7.33. The molecule has 1 aliphatic heterocycles. The lowest BCUT2D eigenvalue weighted by atomic mass is 9.87. The van der Waals surface area contributed by atoms with Gasteiger partial charge in [-0.2, -0.15) is 11.8 Å². The maximum Gasteiger partial charge on any atom is 0.0374 e. The van der Waals surface area contributed by atoms with Crippen molar-refractivity contribution in [2.24, 2.45) is 11.3 Å².